The largest absolute Gasteiger partial charge is 0.377 e. The molecule has 1 N–H and O–H groups in total. The van der Waals surface area contributed by atoms with Gasteiger partial charge in [-0.3, -0.25) is 0 Å². The van der Waals surface area contributed by atoms with Gasteiger partial charge in [-0.25, -0.2) is 4.99 Å². The Kier molecular flexibility index (Phi) is 5.70. The molecule has 3 aliphatic heterocycles. The number of aromatic nitrogens is 1. The molecule has 4 heterocycles. The standard InChI is InChI=1S/C22H33N5O3S/c1-25(16-18-6-3-5-15-30-18)31(28,29)27-14-13-26(17-22(27)9-10-22)20-7-2-4-11-23-21-19(20)8-12-24-21/h4,8,11-12,18H,2-3,5-7,9-10,13-17H2,1H3,(H,23,24). The van der Waals surface area contributed by atoms with Crippen molar-refractivity contribution >= 4 is 15.9 Å². The van der Waals surface area contributed by atoms with Gasteiger partial charge in [0.1, 0.15) is 5.49 Å². The van der Waals surface area contributed by atoms with Gasteiger partial charge in [-0.2, -0.15) is 17.0 Å². The lowest BCUT2D eigenvalue weighted by atomic mass is 10.1. The second-order valence-corrected chi connectivity index (χ2v) is 11.2. The van der Waals surface area contributed by atoms with Crippen LogP contribution in [0.4, 0.5) is 0 Å². The molecule has 0 bridgehead atoms. The number of nitrogens with one attached hydrogen (secondary N) is 1. The van der Waals surface area contributed by atoms with Gasteiger partial charge >= 0.3 is 0 Å². The van der Waals surface area contributed by atoms with Crippen LogP contribution in [0, 0.1) is 0 Å². The number of H-pyrrole nitrogens is 1. The number of rotatable bonds is 5. The van der Waals surface area contributed by atoms with Crippen LogP contribution in [0.3, 0.4) is 0 Å². The van der Waals surface area contributed by atoms with Gasteiger partial charge in [-0.15, -0.1) is 0 Å². The van der Waals surface area contributed by atoms with Gasteiger partial charge < -0.3 is 14.6 Å². The highest BCUT2D eigenvalue weighted by molar-refractivity contribution is 7.86. The van der Waals surface area contributed by atoms with Crippen LogP contribution in [0.1, 0.15) is 44.9 Å². The fourth-order valence-corrected chi connectivity index (χ4v) is 6.92. The molecule has 1 aromatic heterocycles. The van der Waals surface area contributed by atoms with Crippen LogP contribution in [0.15, 0.2) is 29.5 Å². The number of hydrogen-bond donors (Lipinski definition) is 1. The number of nitrogens with zero attached hydrogens (tertiary/aromatic N) is 4. The zero-order valence-corrected chi connectivity index (χ0v) is 19.1. The molecule has 1 spiro atoms. The van der Waals surface area contributed by atoms with Crippen molar-refractivity contribution in [1.29, 1.82) is 0 Å². The van der Waals surface area contributed by atoms with E-state index in [-0.39, 0.29) is 11.6 Å². The van der Waals surface area contributed by atoms with Crippen molar-refractivity contribution in [3.05, 3.63) is 35.2 Å². The summed E-state index contributed by atoms with van der Waals surface area (Å²) in [6, 6.07) is 2.09. The van der Waals surface area contributed by atoms with E-state index in [0.29, 0.717) is 19.6 Å². The average Bonchev–Trinajstić information content (AvgIpc) is 3.35. The maximum absolute atomic E-state index is 13.5. The van der Waals surface area contributed by atoms with Gasteiger partial charge in [0, 0.05) is 63.1 Å². The predicted molar refractivity (Wildman–Crippen MR) is 119 cm³/mol. The second-order valence-electron chi connectivity index (χ2n) is 9.23. The van der Waals surface area contributed by atoms with Gasteiger partial charge in [0.15, 0.2) is 0 Å². The smallest absolute Gasteiger partial charge is 0.282 e. The minimum atomic E-state index is -3.51. The fraction of sp³-hybridized carbons (Fsp3) is 0.682. The minimum Gasteiger partial charge on any atom is -0.377 e. The highest BCUT2D eigenvalue weighted by Gasteiger charge is 2.56. The van der Waals surface area contributed by atoms with Crippen molar-refractivity contribution in [2.45, 2.75) is 56.6 Å². The molecule has 1 unspecified atom stereocenters. The third-order valence-corrected chi connectivity index (χ3v) is 9.16. The summed E-state index contributed by atoms with van der Waals surface area (Å²) in [5, 5.41) is 1.14. The molecular formula is C22H33N5O3S. The zero-order valence-electron chi connectivity index (χ0n) is 18.3. The molecule has 31 heavy (non-hydrogen) atoms. The van der Waals surface area contributed by atoms with Gasteiger partial charge in [0.25, 0.3) is 10.2 Å². The Morgan fingerprint density at radius 2 is 2.19 bits per heavy atom. The topological polar surface area (TPSA) is 81.2 Å². The average molecular weight is 448 g/mol. The molecule has 2 saturated heterocycles. The van der Waals surface area contributed by atoms with Gasteiger partial charge in [0.2, 0.25) is 0 Å². The van der Waals surface area contributed by atoms with Crippen LogP contribution < -0.4 is 10.7 Å². The quantitative estimate of drug-likeness (QED) is 0.729. The highest BCUT2D eigenvalue weighted by Crippen LogP contribution is 2.47. The molecule has 4 aliphatic rings. The molecule has 5 rings (SSSR count). The van der Waals surface area contributed by atoms with E-state index in [9.17, 15) is 8.42 Å². The van der Waals surface area contributed by atoms with Crippen molar-refractivity contribution in [3.8, 4) is 0 Å². The molecule has 8 nitrogen and oxygen atoms in total. The van der Waals surface area contributed by atoms with E-state index in [1.807, 2.05) is 12.4 Å². The van der Waals surface area contributed by atoms with E-state index in [1.165, 1.54) is 10.0 Å². The third-order valence-electron chi connectivity index (χ3n) is 7.10. The van der Waals surface area contributed by atoms with E-state index in [2.05, 4.69) is 27.0 Å². The summed E-state index contributed by atoms with van der Waals surface area (Å²) < 4.78 is 36.1. The number of allylic oxidation sites excluding steroid dienone is 1. The maximum atomic E-state index is 13.5. The first-order valence-electron chi connectivity index (χ1n) is 11.5. The Labute approximate surface area is 184 Å². The summed E-state index contributed by atoms with van der Waals surface area (Å²) in [6.07, 6.45) is 12.8. The van der Waals surface area contributed by atoms with Crippen molar-refractivity contribution < 1.29 is 13.2 Å². The summed E-state index contributed by atoms with van der Waals surface area (Å²) in [6.45, 7) is 3.16. The monoisotopic (exact) mass is 447 g/mol. The Bertz CT molecular complexity index is 1050. The Hall–Kier alpha value is -1.68. The van der Waals surface area contributed by atoms with Crippen LogP contribution in [0.2, 0.25) is 0 Å². The van der Waals surface area contributed by atoms with Gasteiger partial charge in [0.05, 0.1) is 11.6 Å². The van der Waals surface area contributed by atoms with Crippen LogP contribution in [0.25, 0.3) is 5.70 Å². The molecule has 1 atom stereocenters. The van der Waals surface area contributed by atoms with Gasteiger partial charge in [-0.05, 0) is 51.0 Å². The number of fused-ring (bicyclic) bond motifs is 1. The highest BCUT2D eigenvalue weighted by atomic mass is 32.2. The molecule has 170 valence electrons. The second kappa shape index (κ2) is 8.35. The number of aromatic amines is 1. The number of ether oxygens (including phenoxy) is 1. The first-order chi connectivity index (χ1) is 15.0. The molecular weight excluding hydrogens is 414 g/mol. The SMILES string of the molecule is CN(CC1CCCCO1)S(=O)(=O)N1CCN(C2=c3cc[nH]c3=NC=CCC2)CC12CC2. The summed E-state index contributed by atoms with van der Waals surface area (Å²) in [7, 11) is -1.80. The van der Waals surface area contributed by atoms with E-state index < -0.39 is 10.2 Å². The summed E-state index contributed by atoms with van der Waals surface area (Å²) in [5.41, 5.74) is 1.88. The lowest BCUT2D eigenvalue weighted by Crippen LogP contribution is -2.60. The summed E-state index contributed by atoms with van der Waals surface area (Å²) in [5.74, 6) is 0. The number of piperazine rings is 1. The third kappa shape index (κ3) is 4.08. The van der Waals surface area contributed by atoms with Crippen LogP contribution >= 0.6 is 0 Å². The first-order valence-corrected chi connectivity index (χ1v) is 12.9. The Balaban J connectivity index is 1.36. The van der Waals surface area contributed by atoms with Crippen LogP contribution in [-0.2, 0) is 14.9 Å². The summed E-state index contributed by atoms with van der Waals surface area (Å²) >= 11 is 0. The molecule has 1 saturated carbocycles. The molecule has 0 aromatic carbocycles. The first kappa shape index (κ1) is 21.2. The van der Waals surface area contributed by atoms with Crippen molar-refractivity contribution in [1.82, 2.24) is 18.5 Å². The van der Waals surface area contributed by atoms with E-state index in [0.717, 1.165) is 68.8 Å². The number of hydrogen-bond acceptors (Lipinski definition) is 5. The maximum Gasteiger partial charge on any atom is 0.282 e. The number of likely N-dealkylation sites (N-methyl/N-ethyl adjacent to an activating group) is 1. The molecule has 1 aliphatic carbocycles. The zero-order chi connectivity index (χ0) is 21.5. The van der Waals surface area contributed by atoms with E-state index in [1.54, 1.807) is 11.4 Å². The van der Waals surface area contributed by atoms with Crippen molar-refractivity contribution in [2.24, 2.45) is 4.99 Å². The van der Waals surface area contributed by atoms with E-state index in [4.69, 9.17) is 4.74 Å². The van der Waals surface area contributed by atoms with E-state index >= 15 is 0 Å². The molecule has 1 aromatic rings. The lowest BCUT2D eigenvalue weighted by Gasteiger charge is -2.44. The van der Waals surface area contributed by atoms with Crippen LogP contribution in [0.5, 0.6) is 0 Å². The van der Waals surface area contributed by atoms with Crippen molar-refractivity contribution in [2.75, 3.05) is 39.8 Å². The molecule has 9 heteroatoms. The minimum absolute atomic E-state index is 0.0132. The molecule has 0 radical (unpaired) electrons. The normalized spacial score (nSPS) is 26.5. The van der Waals surface area contributed by atoms with Gasteiger partial charge in [-0.1, -0.05) is 6.08 Å². The molecule has 3 fully saturated rings. The predicted octanol–water partition coefficient (Wildman–Crippen LogP) is 0.946. The lowest BCUT2D eigenvalue weighted by molar-refractivity contribution is 0.00738. The summed E-state index contributed by atoms with van der Waals surface area (Å²) in [4.78, 5) is 10.2. The Morgan fingerprint density at radius 3 is 2.97 bits per heavy atom. The van der Waals surface area contributed by atoms with Crippen molar-refractivity contribution in [3.63, 3.8) is 0 Å². The fourth-order valence-electron chi connectivity index (χ4n) is 5.19. The molecule has 0 amide bonds. The van der Waals surface area contributed by atoms with Crippen LogP contribution in [-0.4, -0.2) is 78.4 Å². The Morgan fingerprint density at radius 1 is 1.32 bits per heavy atom.